The van der Waals surface area contributed by atoms with Gasteiger partial charge in [-0.25, -0.2) is 8.42 Å². The van der Waals surface area contributed by atoms with Crippen LogP contribution in [0.25, 0.3) is 0 Å². The summed E-state index contributed by atoms with van der Waals surface area (Å²) in [5, 5.41) is 1.60. The van der Waals surface area contributed by atoms with Crippen LogP contribution >= 0.6 is 39.1 Å². The fourth-order valence-electron chi connectivity index (χ4n) is 2.45. The van der Waals surface area contributed by atoms with Gasteiger partial charge in [-0.15, -0.1) is 0 Å². The van der Waals surface area contributed by atoms with Crippen LogP contribution < -0.4 is 4.31 Å². The number of hydrogen-bond acceptors (Lipinski definition) is 2. The molecule has 0 aromatic heterocycles. The second kappa shape index (κ2) is 8.56. The summed E-state index contributed by atoms with van der Waals surface area (Å²) in [6.07, 6.45) is 1.54. The van der Waals surface area contributed by atoms with Crippen molar-refractivity contribution in [1.82, 2.24) is 0 Å². The molecule has 7 heteroatoms. The Kier molecular flexibility index (Phi) is 6.99. The SMILES string of the molecule is CC(CCCBr)N(c1cc(Cl)ccc1Cl)S(=O)(=O)c1ccccc1. The van der Waals surface area contributed by atoms with Gasteiger partial charge in [0.05, 0.1) is 15.6 Å². The first-order chi connectivity index (χ1) is 11.4. The van der Waals surface area contributed by atoms with E-state index in [9.17, 15) is 8.42 Å². The van der Waals surface area contributed by atoms with Gasteiger partial charge in [-0.05, 0) is 50.1 Å². The Bertz CT molecular complexity index is 784. The van der Waals surface area contributed by atoms with Crippen molar-refractivity contribution >= 4 is 54.8 Å². The van der Waals surface area contributed by atoms with Gasteiger partial charge in [0.1, 0.15) is 0 Å². The number of rotatable bonds is 7. The molecule has 0 saturated carbocycles. The molecule has 0 fully saturated rings. The second-order valence-corrected chi connectivity index (χ2v) is 8.84. The van der Waals surface area contributed by atoms with E-state index in [0.717, 1.165) is 11.8 Å². The van der Waals surface area contributed by atoms with Gasteiger partial charge in [0, 0.05) is 16.4 Å². The van der Waals surface area contributed by atoms with Crippen molar-refractivity contribution < 1.29 is 8.42 Å². The number of anilines is 1. The highest BCUT2D eigenvalue weighted by atomic mass is 79.9. The molecule has 3 nitrogen and oxygen atoms in total. The molecular formula is C17H18BrCl2NO2S. The molecule has 0 radical (unpaired) electrons. The molecule has 0 bridgehead atoms. The minimum absolute atomic E-state index is 0.228. The van der Waals surface area contributed by atoms with Crippen molar-refractivity contribution in [3.8, 4) is 0 Å². The summed E-state index contributed by atoms with van der Waals surface area (Å²) in [6.45, 7) is 1.88. The zero-order valence-corrected chi connectivity index (χ0v) is 17.0. The first kappa shape index (κ1) is 19.6. The topological polar surface area (TPSA) is 37.4 Å². The Morgan fingerprint density at radius 2 is 1.79 bits per heavy atom. The maximum Gasteiger partial charge on any atom is 0.264 e. The highest BCUT2D eigenvalue weighted by Gasteiger charge is 2.30. The van der Waals surface area contributed by atoms with Crippen LogP contribution in [0.2, 0.25) is 10.0 Å². The molecule has 0 aliphatic rings. The quantitative estimate of drug-likeness (QED) is 0.503. The van der Waals surface area contributed by atoms with E-state index in [1.165, 1.54) is 4.31 Å². The summed E-state index contributed by atoms with van der Waals surface area (Å²) < 4.78 is 27.8. The van der Waals surface area contributed by atoms with Crippen LogP contribution in [-0.4, -0.2) is 19.8 Å². The largest absolute Gasteiger partial charge is 0.264 e. The van der Waals surface area contributed by atoms with Crippen molar-refractivity contribution in [2.24, 2.45) is 0 Å². The highest BCUT2D eigenvalue weighted by molar-refractivity contribution is 9.09. The molecule has 0 N–H and O–H groups in total. The molecule has 0 heterocycles. The van der Waals surface area contributed by atoms with E-state index >= 15 is 0 Å². The first-order valence-electron chi connectivity index (χ1n) is 7.48. The molecule has 2 rings (SSSR count). The number of benzene rings is 2. The molecular weight excluding hydrogens is 433 g/mol. The number of hydrogen-bond donors (Lipinski definition) is 0. The summed E-state index contributed by atoms with van der Waals surface area (Å²) >= 11 is 15.8. The third-order valence-electron chi connectivity index (χ3n) is 3.60. The molecule has 0 aliphatic carbocycles. The Balaban J connectivity index is 2.57. The van der Waals surface area contributed by atoms with Gasteiger partial charge in [0.15, 0.2) is 0 Å². The van der Waals surface area contributed by atoms with E-state index in [4.69, 9.17) is 23.2 Å². The van der Waals surface area contributed by atoms with Crippen molar-refractivity contribution in [2.75, 3.05) is 9.64 Å². The second-order valence-electron chi connectivity index (χ2n) is 5.39. The lowest BCUT2D eigenvalue weighted by molar-refractivity contribution is 0.570. The van der Waals surface area contributed by atoms with Crippen LogP contribution in [0.1, 0.15) is 19.8 Å². The minimum atomic E-state index is -3.75. The van der Waals surface area contributed by atoms with Crippen molar-refractivity contribution in [2.45, 2.75) is 30.7 Å². The van der Waals surface area contributed by atoms with Crippen molar-refractivity contribution in [1.29, 1.82) is 0 Å². The van der Waals surface area contributed by atoms with Gasteiger partial charge >= 0.3 is 0 Å². The predicted molar refractivity (Wildman–Crippen MR) is 105 cm³/mol. The summed E-state index contributed by atoms with van der Waals surface area (Å²) in [4.78, 5) is 0.228. The molecule has 1 atom stereocenters. The molecule has 0 amide bonds. The number of nitrogens with zero attached hydrogens (tertiary/aromatic N) is 1. The highest BCUT2D eigenvalue weighted by Crippen LogP contribution is 2.35. The predicted octanol–water partition coefficient (Wildman–Crippen LogP) is 5.75. The lowest BCUT2D eigenvalue weighted by atomic mass is 10.2. The summed E-state index contributed by atoms with van der Waals surface area (Å²) in [5.74, 6) is 0. The lowest BCUT2D eigenvalue weighted by Crippen LogP contribution is -2.39. The third kappa shape index (κ3) is 4.45. The van der Waals surface area contributed by atoms with E-state index < -0.39 is 10.0 Å². The Morgan fingerprint density at radius 3 is 2.42 bits per heavy atom. The average molecular weight is 451 g/mol. The van der Waals surface area contributed by atoms with E-state index in [2.05, 4.69) is 15.9 Å². The van der Waals surface area contributed by atoms with Gasteiger partial charge in [0.2, 0.25) is 0 Å². The monoisotopic (exact) mass is 449 g/mol. The summed E-state index contributed by atoms with van der Waals surface area (Å²) in [5.41, 5.74) is 0.398. The van der Waals surface area contributed by atoms with E-state index in [1.807, 2.05) is 6.92 Å². The van der Waals surface area contributed by atoms with Crippen molar-refractivity contribution in [3.63, 3.8) is 0 Å². The summed E-state index contributed by atoms with van der Waals surface area (Å²) in [6, 6.07) is 12.9. The maximum atomic E-state index is 13.2. The molecule has 0 saturated heterocycles. The Labute approximate surface area is 161 Å². The fourth-order valence-corrected chi connectivity index (χ4v) is 4.92. The Hall–Kier alpha value is -0.750. The number of sulfonamides is 1. The van der Waals surface area contributed by atoms with Crippen molar-refractivity contribution in [3.05, 3.63) is 58.6 Å². The van der Waals surface area contributed by atoms with Crippen LogP contribution in [0, 0.1) is 0 Å². The fraction of sp³-hybridized carbons (Fsp3) is 0.294. The standard InChI is InChI=1S/C17H18BrCl2NO2S/c1-13(6-5-11-18)21(17-12-14(19)9-10-16(17)20)24(22,23)15-7-3-2-4-8-15/h2-4,7-10,12-13H,5-6,11H2,1H3. The van der Waals surface area contributed by atoms with Gasteiger partial charge in [-0.2, -0.15) is 0 Å². The zero-order valence-electron chi connectivity index (χ0n) is 13.1. The van der Waals surface area contributed by atoms with Crippen LogP contribution in [0.4, 0.5) is 5.69 Å². The number of halogens is 3. The third-order valence-corrected chi connectivity index (χ3v) is 6.66. The molecule has 2 aromatic rings. The van der Waals surface area contributed by atoms with E-state index in [0.29, 0.717) is 22.2 Å². The van der Waals surface area contributed by atoms with Crippen LogP contribution in [0.3, 0.4) is 0 Å². The molecule has 130 valence electrons. The zero-order chi connectivity index (χ0) is 17.7. The van der Waals surface area contributed by atoms with Gasteiger partial charge < -0.3 is 0 Å². The van der Waals surface area contributed by atoms with Crippen LogP contribution in [-0.2, 0) is 10.0 Å². The smallest absolute Gasteiger partial charge is 0.262 e. The summed E-state index contributed by atoms with van der Waals surface area (Å²) in [7, 11) is -3.75. The lowest BCUT2D eigenvalue weighted by Gasteiger charge is -2.31. The van der Waals surface area contributed by atoms with Crippen LogP contribution in [0.5, 0.6) is 0 Å². The maximum absolute atomic E-state index is 13.2. The molecule has 0 spiro atoms. The first-order valence-corrected chi connectivity index (χ1v) is 10.8. The molecule has 2 aromatic carbocycles. The van der Waals surface area contributed by atoms with E-state index in [1.54, 1.807) is 48.5 Å². The van der Waals surface area contributed by atoms with Gasteiger partial charge in [-0.1, -0.05) is 57.3 Å². The molecule has 0 aliphatic heterocycles. The van der Waals surface area contributed by atoms with Gasteiger partial charge in [-0.3, -0.25) is 4.31 Å². The molecule has 1 unspecified atom stereocenters. The van der Waals surface area contributed by atoms with Crippen LogP contribution in [0.15, 0.2) is 53.4 Å². The number of alkyl halides is 1. The van der Waals surface area contributed by atoms with Gasteiger partial charge in [0.25, 0.3) is 10.0 Å². The normalized spacial score (nSPS) is 12.8. The van der Waals surface area contributed by atoms with E-state index in [-0.39, 0.29) is 10.9 Å². The average Bonchev–Trinajstić information content (AvgIpc) is 2.57. The Morgan fingerprint density at radius 1 is 1.12 bits per heavy atom. The minimum Gasteiger partial charge on any atom is -0.262 e. The molecule has 24 heavy (non-hydrogen) atoms.